The summed E-state index contributed by atoms with van der Waals surface area (Å²) >= 11 is 0. The van der Waals surface area contributed by atoms with Crippen molar-refractivity contribution in [3.05, 3.63) is 43.6 Å². The average molecular weight is 348 g/mol. The van der Waals surface area contributed by atoms with Crippen molar-refractivity contribution in [2.45, 2.75) is 0 Å². The van der Waals surface area contributed by atoms with E-state index in [0.717, 1.165) is 0 Å². The average Bonchev–Trinajstić information content (AvgIpc) is 1.69. The van der Waals surface area contributed by atoms with Gasteiger partial charge in [0.2, 0.25) is 0 Å². The van der Waals surface area contributed by atoms with E-state index in [4.69, 9.17) is 0 Å². The van der Waals surface area contributed by atoms with E-state index in [0.29, 0.717) is 0 Å². The van der Waals surface area contributed by atoms with Gasteiger partial charge >= 0.3 is 31.1 Å². The van der Waals surface area contributed by atoms with Gasteiger partial charge < -0.3 is 7.43 Å². The third-order valence-corrected chi connectivity index (χ3v) is 0.678. The molecule has 0 nitrogen and oxygen atoms in total. The van der Waals surface area contributed by atoms with Gasteiger partial charge in [0.15, 0.2) is 0 Å². The third kappa shape index (κ3) is 4.69. The van der Waals surface area contributed by atoms with Gasteiger partial charge in [-0.05, 0) is 0 Å². The van der Waals surface area contributed by atoms with Gasteiger partial charge in [0.1, 0.15) is 0 Å². The summed E-state index contributed by atoms with van der Waals surface area (Å²) in [5.41, 5.74) is 0. The molecule has 0 saturated heterocycles. The molecule has 0 atom stereocenters. The molecule has 0 aliphatic rings. The zero-order valence-electron chi connectivity index (χ0n) is 5.19. The van der Waals surface area contributed by atoms with Crippen LogP contribution in [0.25, 0.3) is 0 Å². The van der Waals surface area contributed by atoms with Crippen molar-refractivity contribution < 1.29 is 35.5 Å². The minimum absolute atomic E-state index is 0. The van der Waals surface area contributed by atoms with Crippen molar-refractivity contribution in [1.82, 2.24) is 0 Å². The third-order valence-electron chi connectivity index (χ3n) is 0.678. The number of hydrogen-bond donors (Lipinski definition) is 0. The first kappa shape index (κ1) is 11.9. The molecule has 0 fully saturated rings. The van der Waals surface area contributed by atoms with E-state index < -0.39 is 0 Å². The van der Waals surface area contributed by atoms with Crippen molar-refractivity contribution in [3.8, 4) is 0 Å². The number of hydrogen-bond acceptors (Lipinski definition) is 0. The van der Waals surface area contributed by atoms with E-state index >= 15 is 0 Å². The van der Waals surface area contributed by atoms with Gasteiger partial charge in [-0.25, -0.2) is 4.39 Å². The molecule has 0 heterocycles. The van der Waals surface area contributed by atoms with Crippen LogP contribution in [-0.4, -0.2) is 0 Å². The van der Waals surface area contributed by atoms with E-state index in [1.165, 1.54) is 24.3 Å². The summed E-state index contributed by atoms with van der Waals surface area (Å²) in [6.45, 7) is 0. The van der Waals surface area contributed by atoms with Crippen LogP contribution in [0.5, 0.6) is 0 Å². The van der Waals surface area contributed by atoms with Crippen molar-refractivity contribution >= 4 is 0 Å². The molecular formula is C7H7FU. The van der Waals surface area contributed by atoms with Crippen LogP contribution in [0.1, 0.15) is 0 Å². The largest absolute Gasteiger partial charge is 2.00 e. The van der Waals surface area contributed by atoms with E-state index in [2.05, 4.69) is 6.07 Å². The van der Waals surface area contributed by atoms with Gasteiger partial charge in [0.25, 0.3) is 0 Å². The molecule has 2 heteroatoms. The fraction of sp³-hybridized carbons (Fsp3) is 0. The fourth-order valence-corrected chi connectivity index (χ4v) is 0.367. The van der Waals surface area contributed by atoms with Crippen LogP contribution in [0.4, 0.5) is 4.39 Å². The summed E-state index contributed by atoms with van der Waals surface area (Å²) in [6.07, 6.45) is 0. The van der Waals surface area contributed by atoms with Crippen LogP contribution in [0.3, 0.4) is 0 Å². The first-order valence-electron chi connectivity index (χ1n) is 2.01. The molecule has 1 aromatic carbocycles. The second-order valence-corrected chi connectivity index (χ2v) is 1.22. The van der Waals surface area contributed by atoms with Crippen LogP contribution in [0.15, 0.2) is 24.3 Å². The summed E-state index contributed by atoms with van der Waals surface area (Å²) in [4.78, 5) is 0. The maximum Gasteiger partial charge on any atom is 2.00 e. The Kier molecular flexibility index (Phi) is 8.39. The standard InChI is InChI=1S/C6H4F.CH3.U/c7-6-4-2-1-3-5-6;;/h2-5H;1H3;/q2*-1;+2. The van der Waals surface area contributed by atoms with Gasteiger partial charge in [-0.2, -0.15) is 18.2 Å². The van der Waals surface area contributed by atoms with Crippen LogP contribution in [-0.2, 0) is 0 Å². The Labute approximate surface area is 78.8 Å². The van der Waals surface area contributed by atoms with Gasteiger partial charge in [-0.3, -0.25) is 0 Å². The quantitative estimate of drug-likeness (QED) is 0.630. The predicted molar refractivity (Wildman–Crippen MR) is 31.6 cm³/mol. The van der Waals surface area contributed by atoms with E-state index in [1.807, 2.05) is 0 Å². The first-order chi connectivity index (χ1) is 3.39. The Bertz CT molecular complexity index is 139. The molecule has 0 aromatic heterocycles. The molecular weight excluding hydrogens is 341 g/mol. The molecule has 0 spiro atoms. The Morgan fingerprint density at radius 3 is 1.89 bits per heavy atom. The van der Waals surface area contributed by atoms with Crippen molar-refractivity contribution in [1.29, 1.82) is 0 Å². The smallest absolute Gasteiger partial charge is 0.358 e. The zero-order chi connectivity index (χ0) is 5.11. The molecule has 0 saturated carbocycles. The summed E-state index contributed by atoms with van der Waals surface area (Å²) in [7, 11) is 0. The number of halogens is 1. The normalized spacial score (nSPS) is 6.78. The molecule has 1 rings (SSSR count). The second-order valence-electron chi connectivity index (χ2n) is 1.22. The molecule has 0 bridgehead atoms. The van der Waals surface area contributed by atoms with Gasteiger partial charge in [-0.15, -0.1) is 12.1 Å². The van der Waals surface area contributed by atoms with E-state index in [1.54, 1.807) is 0 Å². The zero-order valence-corrected chi connectivity index (χ0v) is 9.35. The maximum atomic E-state index is 11.9. The van der Waals surface area contributed by atoms with Crippen LogP contribution < -0.4 is 0 Å². The molecule has 0 aliphatic carbocycles. The minimum Gasteiger partial charge on any atom is -0.358 e. The fourth-order valence-electron chi connectivity index (χ4n) is 0.367. The molecule has 9 heavy (non-hydrogen) atoms. The van der Waals surface area contributed by atoms with Crippen LogP contribution >= 0.6 is 0 Å². The van der Waals surface area contributed by atoms with Crippen molar-refractivity contribution in [2.75, 3.05) is 0 Å². The van der Waals surface area contributed by atoms with E-state index in [-0.39, 0.29) is 44.4 Å². The molecule has 1 aromatic rings. The molecule has 46 valence electrons. The maximum absolute atomic E-state index is 11.9. The van der Waals surface area contributed by atoms with Crippen molar-refractivity contribution in [2.24, 2.45) is 0 Å². The monoisotopic (exact) mass is 348 g/mol. The Morgan fingerprint density at radius 1 is 1.22 bits per heavy atom. The Morgan fingerprint density at radius 2 is 1.67 bits per heavy atom. The molecule has 0 unspecified atom stereocenters. The molecule has 0 aliphatic heterocycles. The summed E-state index contributed by atoms with van der Waals surface area (Å²) in [5.74, 6) is -0.209. The van der Waals surface area contributed by atoms with Crippen LogP contribution in [0, 0.1) is 50.4 Å². The molecule has 0 N–H and O–H groups in total. The van der Waals surface area contributed by atoms with Crippen LogP contribution in [0.2, 0.25) is 0 Å². The minimum atomic E-state index is -0.209. The summed E-state index contributed by atoms with van der Waals surface area (Å²) < 4.78 is 11.9. The predicted octanol–water partition coefficient (Wildman–Crippen LogP) is 2.08. The summed E-state index contributed by atoms with van der Waals surface area (Å²) in [6, 6.07) is 8.49. The summed E-state index contributed by atoms with van der Waals surface area (Å²) in [5, 5.41) is 0. The molecule has 0 amide bonds. The van der Waals surface area contributed by atoms with Gasteiger partial charge in [0, 0.05) is 5.82 Å². The Hall–Kier alpha value is 0.202. The number of benzene rings is 1. The topological polar surface area (TPSA) is 0 Å². The Balaban J connectivity index is 0. The van der Waals surface area contributed by atoms with Gasteiger partial charge in [-0.1, -0.05) is 0 Å². The second kappa shape index (κ2) is 6.32. The van der Waals surface area contributed by atoms with Crippen molar-refractivity contribution in [3.63, 3.8) is 0 Å². The van der Waals surface area contributed by atoms with E-state index in [9.17, 15) is 4.39 Å². The SMILES string of the molecule is Fc1cc[c-]cc1.[CH3-].[U+2]. The number of rotatable bonds is 0. The first-order valence-corrected chi connectivity index (χ1v) is 2.01. The van der Waals surface area contributed by atoms with Gasteiger partial charge in [0.05, 0.1) is 0 Å². The molecule has 0 radical (unpaired) electrons.